The number of anilines is 1. The van der Waals surface area contributed by atoms with Gasteiger partial charge in [-0.3, -0.25) is 0 Å². The lowest BCUT2D eigenvalue weighted by molar-refractivity contribution is 0.416. The lowest BCUT2D eigenvalue weighted by Crippen LogP contribution is -2.03. The van der Waals surface area contributed by atoms with Crippen LogP contribution in [0.4, 0.5) is 5.69 Å². The van der Waals surface area contributed by atoms with Crippen LogP contribution in [-0.4, -0.2) is 17.1 Å². The van der Waals surface area contributed by atoms with Gasteiger partial charge in [0.1, 0.15) is 17.5 Å². The Balaban J connectivity index is 1.90. The summed E-state index contributed by atoms with van der Waals surface area (Å²) in [4.78, 5) is 7.40. The SMILES string of the molecule is COc1cccc(C#N)c1NCc1c[nH]c2ncccc12. The van der Waals surface area contributed by atoms with Gasteiger partial charge in [0.25, 0.3) is 0 Å². The lowest BCUT2D eigenvalue weighted by Gasteiger charge is -2.12. The number of nitrogens with zero attached hydrogens (tertiary/aromatic N) is 2. The van der Waals surface area contributed by atoms with Gasteiger partial charge in [0.15, 0.2) is 0 Å². The average Bonchev–Trinajstić information content (AvgIpc) is 2.95. The maximum Gasteiger partial charge on any atom is 0.143 e. The molecular formula is C16H14N4O. The molecule has 1 aromatic carbocycles. The van der Waals surface area contributed by atoms with Crippen molar-refractivity contribution in [1.29, 1.82) is 5.26 Å². The molecule has 104 valence electrons. The summed E-state index contributed by atoms with van der Waals surface area (Å²) in [7, 11) is 1.59. The molecule has 2 N–H and O–H groups in total. The number of hydrogen-bond acceptors (Lipinski definition) is 4. The number of rotatable bonds is 4. The van der Waals surface area contributed by atoms with Gasteiger partial charge in [-0.15, -0.1) is 0 Å². The summed E-state index contributed by atoms with van der Waals surface area (Å²) in [6, 6.07) is 11.5. The van der Waals surface area contributed by atoms with E-state index in [1.807, 2.05) is 24.4 Å². The largest absolute Gasteiger partial charge is 0.495 e. The summed E-state index contributed by atoms with van der Waals surface area (Å²) < 4.78 is 5.31. The van der Waals surface area contributed by atoms with E-state index in [-0.39, 0.29) is 0 Å². The molecule has 0 atom stereocenters. The normalized spacial score (nSPS) is 10.3. The molecule has 0 aliphatic carbocycles. The summed E-state index contributed by atoms with van der Waals surface area (Å²) in [5.74, 6) is 0.659. The van der Waals surface area contributed by atoms with Crippen LogP contribution in [0.25, 0.3) is 11.0 Å². The topological polar surface area (TPSA) is 73.7 Å². The Morgan fingerprint density at radius 3 is 3.05 bits per heavy atom. The Kier molecular flexibility index (Phi) is 3.44. The van der Waals surface area contributed by atoms with Crippen molar-refractivity contribution in [2.45, 2.75) is 6.54 Å². The Morgan fingerprint density at radius 2 is 2.24 bits per heavy atom. The van der Waals surface area contributed by atoms with Crippen LogP contribution in [0.15, 0.2) is 42.7 Å². The van der Waals surface area contributed by atoms with Crippen LogP contribution >= 0.6 is 0 Å². The summed E-state index contributed by atoms with van der Waals surface area (Å²) >= 11 is 0. The first-order valence-corrected chi connectivity index (χ1v) is 6.55. The van der Waals surface area contributed by atoms with Gasteiger partial charge >= 0.3 is 0 Å². The van der Waals surface area contributed by atoms with Crippen molar-refractivity contribution < 1.29 is 4.74 Å². The van der Waals surface area contributed by atoms with Gasteiger partial charge < -0.3 is 15.0 Å². The maximum atomic E-state index is 9.21. The van der Waals surface area contributed by atoms with Crippen molar-refractivity contribution in [2.24, 2.45) is 0 Å². The smallest absolute Gasteiger partial charge is 0.143 e. The predicted octanol–water partition coefficient (Wildman–Crippen LogP) is 3.06. The fraction of sp³-hybridized carbons (Fsp3) is 0.125. The molecule has 21 heavy (non-hydrogen) atoms. The molecule has 0 saturated carbocycles. The maximum absolute atomic E-state index is 9.21. The van der Waals surface area contributed by atoms with Crippen molar-refractivity contribution in [3.05, 3.63) is 53.9 Å². The predicted molar refractivity (Wildman–Crippen MR) is 81.1 cm³/mol. The van der Waals surface area contributed by atoms with E-state index < -0.39 is 0 Å². The average molecular weight is 278 g/mol. The van der Waals surface area contributed by atoms with Crippen LogP contribution in [-0.2, 0) is 6.54 Å². The first-order chi connectivity index (χ1) is 10.3. The van der Waals surface area contributed by atoms with Crippen LogP contribution in [0.2, 0.25) is 0 Å². The van der Waals surface area contributed by atoms with E-state index in [0.29, 0.717) is 23.5 Å². The van der Waals surface area contributed by atoms with Gasteiger partial charge in [0, 0.05) is 24.3 Å². The minimum atomic E-state index is 0.562. The zero-order chi connectivity index (χ0) is 14.7. The molecule has 0 aliphatic rings. The molecule has 0 fully saturated rings. The zero-order valence-electron chi connectivity index (χ0n) is 11.6. The van der Waals surface area contributed by atoms with Gasteiger partial charge in [0.05, 0.1) is 18.4 Å². The molecule has 3 aromatic rings. The van der Waals surface area contributed by atoms with Crippen LogP contribution in [0.3, 0.4) is 0 Å². The van der Waals surface area contributed by atoms with Crippen LogP contribution in [0, 0.1) is 11.3 Å². The van der Waals surface area contributed by atoms with Gasteiger partial charge in [-0.1, -0.05) is 6.07 Å². The second kappa shape index (κ2) is 5.55. The van der Waals surface area contributed by atoms with Crippen molar-refractivity contribution in [2.75, 3.05) is 12.4 Å². The lowest BCUT2D eigenvalue weighted by atomic mass is 10.1. The van der Waals surface area contributed by atoms with E-state index in [9.17, 15) is 5.26 Å². The highest BCUT2D eigenvalue weighted by Gasteiger charge is 2.10. The van der Waals surface area contributed by atoms with Crippen molar-refractivity contribution in [3.63, 3.8) is 0 Å². The third-order valence-electron chi connectivity index (χ3n) is 3.36. The summed E-state index contributed by atoms with van der Waals surface area (Å²) in [5.41, 5.74) is 3.22. The van der Waals surface area contributed by atoms with E-state index in [1.165, 1.54) is 0 Å². The number of para-hydroxylation sites is 1. The van der Waals surface area contributed by atoms with Crippen LogP contribution in [0.5, 0.6) is 5.75 Å². The van der Waals surface area contributed by atoms with Crippen LogP contribution < -0.4 is 10.1 Å². The number of pyridine rings is 1. The van der Waals surface area contributed by atoms with Crippen molar-refractivity contribution >= 4 is 16.7 Å². The molecular weight excluding hydrogens is 264 g/mol. The third-order valence-corrected chi connectivity index (χ3v) is 3.36. The Labute approximate surface area is 122 Å². The number of aromatic nitrogens is 2. The number of hydrogen-bond donors (Lipinski definition) is 2. The fourth-order valence-electron chi connectivity index (χ4n) is 2.32. The molecule has 0 spiro atoms. The Hall–Kier alpha value is -3.00. The number of ether oxygens (including phenoxy) is 1. The van der Waals surface area contributed by atoms with Gasteiger partial charge in [-0.05, 0) is 29.8 Å². The molecule has 0 saturated heterocycles. The van der Waals surface area contributed by atoms with E-state index >= 15 is 0 Å². The highest BCUT2D eigenvalue weighted by Crippen LogP contribution is 2.29. The first-order valence-electron chi connectivity index (χ1n) is 6.55. The molecule has 0 bridgehead atoms. The quantitative estimate of drug-likeness (QED) is 0.769. The minimum absolute atomic E-state index is 0.562. The van der Waals surface area contributed by atoms with Gasteiger partial charge in [0.2, 0.25) is 0 Å². The zero-order valence-corrected chi connectivity index (χ0v) is 11.6. The number of fused-ring (bicyclic) bond motifs is 1. The highest BCUT2D eigenvalue weighted by atomic mass is 16.5. The standard InChI is InChI=1S/C16H14N4O/c1-21-14-6-2-4-11(8-17)15(14)19-9-12-10-20-16-13(12)5-3-7-18-16/h2-7,10,19H,9H2,1H3,(H,18,20). The van der Waals surface area contributed by atoms with E-state index in [4.69, 9.17) is 4.74 Å². The van der Waals surface area contributed by atoms with Crippen molar-refractivity contribution in [3.8, 4) is 11.8 Å². The molecule has 0 aliphatic heterocycles. The summed E-state index contributed by atoms with van der Waals surface area (Å²) in [6.45, 7) is 0.584. The van der Waals surface area contributed by atoms with E-state index in [2.05, 4.69) is 21.4 Å². The Bertz CT molecular complexity index is 817. The second-order valence-electron chi connectivity index (χ2n) is 4.56. The third kappa shape index (κ3) is 2.39. The van der Waals surface area contributed by atoms with E-state index in [1.54, 1.807) is 25.4 Å². The molecule has 2 heterocycles. The number of nitriles is 1. The molecule has 3 rings (SSSR count). The summed E-state index contributed by atoms with van der Waals surface area (Å²) in [5, 5.41) is 13.6. The molecule has 2 aromatic heterocycles. The number of benzene rings is 1. The molecule has 5 nitrogen and oxygen atoms in total. The highest BCUT2D eigenvalue weighted by molar-refractivity contribution is 5.80. The molecule has 5 heteroatoms. The minimum Gasteiger partial charge on any atom is -0.495 e. The van der Waals surface area contributed by atoms with Crippen LogP contribution in [0.1, 0.15) is 11.1 Å². The van der Waals surface area contributed by atoms with Gasteiger partial charge in [-0.2, -0.15) is 5.26 Å². The second-order valence-corrected chi connectivity index (χ2v) is 4.56. The monoisotopic (exact) mass is 278 g/mol. The van der Waals surface area contributed by atoms with E-state index in [0.717, 1.165) is 16.6 Å². The molecule has 0 radical (unpaired) electrons. The number of methoxy groups -OCH3 is 1. The number of aromatic amines is 1. The molecule has 0 amide bonds. The summed E-state index contributed by atoms with van der Waals surface area (Å²) in [6.07, 6.45) is 3.68. The molecule has 0 unspecified atom stereocenters. The van der Waals surface area contributed by atoms with Gasteiger partial charge in [-0.25, -0.2) is 4.98 Å². The first kappa shape index (κ1) is 13.0. The number of H-pyrrole nitrogens is 1. The van der Waals surface area contributed by atoms with Crippen molar-refractivity contribution in [1.82, 2.24) is 9.97 Å². The fourth-order valence-corrected chi connectivity index (χ4v) is 2.32. The Morgan fingerprint density at radius 1 is 1.33 bits per heavy atom. The number of nitrogens with one attached hydrogen (secondary N) is 2.